The molecule has 12 heteroatoms. The summed E-state index contributed by atoms with van der Waals surface area (Å²) in [6, 6.07) is 10.0. The lowest BCUT2D eigenvalue weighted by molar-refractivity contribution is -0.137. The normalized spacial score (nSPS) is 11.5. The molecule has 0 radical (unpaired) electrons. The Hall–Kier alpha value is -3.67. The van der Waals surface area contributed by atoms with Crippen molar-refractivity contribution in [3.05, 3.63) is 60.4 Å². The third kappa shape index (κ3) is 4.64. The molecule has 0 unspecified atom stereocenters. The molecular formula is C20H15F3N6O2S. The molecule has 1 N–H and O–H groups in total. The first-order valence-electron chi connectivity index (χ1n) is 9.16. The van der Waals surface area contributed by atoms with Crippen molar-refractivity contribution in [3.8, 4) is 17.0 Å². The number of benzene rings is 1. The summed E-state index contributed by atoms with van der Waals surface area (Å²) in [4.78, 5) is 16.5. The number of carbonyl (C=O) groups is 1. The second-order valence-corrected chi connectivity index (χ2v) is 7.41. The SMILES string of the molecule is COc1ccc(C(F)(F)F)cc1NC(=O)CSc1nnc2ccc(-c3cccnc3)nn12. The fourth-order valence-corrected chi connectivity index (χ4v) is 3.51. The van der Waals surface area contributed by atoms with E-state index in [0.29, 0.717) is 16.5 Å². The minimum atomic E-state index is -4.54. The Morgan fingerprint density at radius 2 is 2.03 bits per heavy atom. The van der Waals surface area contributed by atoms with Crippen molar-refractivity contribution in [3.63, 3.8) is 0 Å². The van der Waals surface area contributed by atoms with E-state index < -0.39 is 17.6 Å². The van der Waals surface area contributed by atoms with Gasteiger partial charge < -0.3 is 10.1 Å². The summed E-state index contributed by atoms with van der Waals surface area (Å²) in [5.41, 5.74) is 0.965. The van der Waals surface area contributed by atoms with E-state index >= 15 is 0 Å². The average Bonchev–Trinajstić information content (AvgIpc) is 3.20. The minimum absolute atomic E-state index is 0.0731. The van der Waals surface area contributed by atoms with Gasteiger partial charge in [-0.25, -0.2) is 0 Å². The molecule has 4 rings (SSSR count). The van der Waals surface area contributed by atoms with Crippen molar-refractivity contribution in [2.75, 3.05) is 18.2 Å². The van der Waals surface area contributed by atoms with Crippen LogP contribution in [0.4, 0.5) is 18.9 Å². The van der Waals surface area contributed by atoms with E-state index in [0.717, 1.165) is 35.5 Å². The standard InChI is InChI=1S/C20H15F3N6O2S/c1-31-16-6-4-13(20(21,22)23)9-15(16)25-18(30)11-32-19-27-26-17-7-5-14(28-29(17)19)12-3-2-8-24-10-12/h2-10H,11H2,1H3,(H,25,30). The quantitative estimate of drug-likeness (QED) is 0.436. The molecule has 0 spiro atoms. The molecule has 0 bridgehead atoms. The highest BCUT2D eigenvalue weighted by Crippen LogP contribution is 2.35. The van der Waals surface area contributed by atoms with E-state index in [1.54, 1.807) is 30.6 Å². The van der Waals surface area contributed by atoms with Crippen LogP contribution >= 0.6 is 11.8 Å². The van der Waals surface area contributed by atoms with E-state index in [1.165, 1.54) is 11.6 Å². The van der Waals surface area contributed by atoms with Crippen molar-refractivity contribution in [1.82, 2.24) is 24.8 Å². The molecular weight excluding hydrogens is 445 g/mol. The Morgan fingerprint density at radius 3 is 2.75 bits per heavy atom. The van der Waals surface area contributed by atoms with Gasteiger partial charge in [0.25, 0.3) is 0 Å². The summed E-state index contributed by atoms with van der Waals surface area (Å²) < 4.78 is 45.5. The van der Waals surface area contributed by atoms with Gasteiger partial charge in [0.1, 0.15) is 5.75 Å². The fraction of sp³-hybridized carbons (Fsp3) is 0.150. The van der Waals surface area contributed by atoms with E-state index in [2.05, 4.69) is 25.6 Å². The Bertz CT molecular complexity index is 1260. The van der Waals surface area contributed by atoms with Crippen molar-refractivity contribution < 1.29 is 22.7 Å². The highest BCUT2D eigenvalue weighted by molar-refractivity contribution is 7.99. The number of fused-ring (bicyclic) bond motifs is 1. The number of anilines is 1. The number of pyridine rings is 1. The zero-order valence-corrected chi connectivity index (χ0v) is 17.3. The lowest BCUT2D eigenvalue weighted by Crippen LogP contribution is -2.16. The molecule has 0 saturated heterocycles. The van der Waals surface area contributed by atoms with Crippen LogP contribution in [0.1, 0.15) is 5.56 Å². The predicted molar refractivity (Wildman–Crippen MR) is 111 cm³/mol. The number of halogens is 3. The van der Waals surface area contributed by atoms with Gasteiger partial charge in [0.05, 0.1) is 29.8 Å². The van der Waals surface area contributed by atoms with Gasteiger partial charge in [-0.3, -0.25) is 9.78 Å². The molecule has 3 heterocycles. The van der Waals surface area contributed by atoms with E-state index in [4.69, 9.17) is 4.74 Å². The lowest BCUT2D eigenvalue weighted by atomic mass is 10.2. The topological polar surface area (TPSA) is 94.3 Å². The predicted octanol–water partition coefficient (Wildman–Crippen LogP) is 3.94. The second-order valence-electron chi connectivity index (χ2n) is 6.46. The summed E-state index contributed by atoms with van der Waals surface area (Å²) in [6.45, 7) is 0. The molecule has 8 nitrogen and oxygen atoms in total. The van der Waals surface area contributed by atoms with Crippen LogP contribution in [-0.2, 0) is 11.0 Å². The van der Waals surface area contributed by atoms with Gasteiger partial charge in [-0.15, -0.1) is 10.2 Å². The molecule has 3 aromatic heterocycles. The average molecular weight is 460 g/mol. The van der Waals surface area contributed by atoms with Crippen LogP contribution in [0.3, 0.4) is 0 Å². The first-order chi connectivity index (χ1) is 15.3. The van der Waals surface area contributed by atoms with Crippen LogP contribution in [0.5, 0.6) is 5.75 Å². The van der Waals surface area contributed by atoms with E-state index in [1.807, 2.05) is 6.07 Å². The number of carbonyl (C=O) groups excluding carboxylic acids is 1. The highest BCUT2D eigenvalue weighted by Gasteiger charge is 2.31. The number of methoxy groups -OCH3 is 1. The summed E-state index contributed by atoms with van der Waals surface area (Å²) in [5.74, 6) is -0.543. The number of amides is 1. The number of ether oxygens (including phenoxy) is 1. The molecule has 0 fully saturated rings. The van der Waals surface area contributed by atoms with Crippen LogP contribution in [-0.4, -0.2) is 43.6 Å². The number of aromatic nitrogens is 5. The van der Waals surface area contributed by atoms with E-state index in [9.17, 15) is 18.0 Å². The van der Waals surface area contributed by atoms with Crippen LogP contribution < -0.4 is 10.1 Å². The Labute approximate surface area is 183 Å². The Morgan fingerprint density at radius 1 is 1.19 bits per heavy atom. The van der Waals surface area contributed by atoms with Crippen LogP contribution in [0.15, 0.2) is 60.0 Å². The maximum Gasteiger partial charge on any atom is 0.416 e. The maximum absolute atomic E-state index is 13.0. The largest absolute Gasteiger partial charge is 0.495 e. The van der Waals surface area contributed by atoms with Crippen LogP contribution in [0, 0.1) is 0 Å². The van der Waals surface area contributed by atoms with Crippen LogP contribution in [0.2, 0.25) is 0 Å². The van der Waals surface area contributed by atoms with Gasteiger partial charge in [0, 0.05) is 18.0 Å². The number of hydrogen-bond acceptors (Lipinski definition) is 7. The molecule has 1 amide bonds. The van der Waals surface area contributed by atoms with Crippen molar-refractivity contribution in [1.29, 1.82) is 0 Å². The first kappa shape index (κ1) is 21.6. The van der Waals surface area contributed by atoms with Crippen LogP contribution in [0.25, 0.3) is 16.9 Å². The Balaban J connectivity index is 1.50. The molecule has 1 aromatic carbocycles. The van der Waals surface area contributed by atoms with Crippen molar-refractivity contribution in [2.24, 2.45) is 0 Å². The molecule has 164 valence electrons. The Kier molecular flexibility index (Phi) is 5.95. The zero-order chi connectivity index (χ0) is 22.7. The molecule has 0 aliphatic carbocycles. The molecule has 0 aliphatic rings. The first-order valence-corrected chi connectivity index (χ1v) is 10.1. The molecule has 4 aromatic rings. The number of thioether (sulfide) groups is 1. The number of nitrogens with zero attached hydrogens (tertiary/aromatic N) is 5. The molecule has 32 heavy (non-hydrogen) atoms. The summed E-state index contributed by atoms with van der Waals surface area (Å²) in [6.07, 6.45) is -1.22. The monoisotopic (exact) mass is 460 g/mol. The summed E-state index contributed by atoms with van der Waals surface area (Å²) in [5, 5.41) is 15.3. The maximum atomic E-state index is 13.0. The van der Waals surface area contributed by atoms with Gasteiger partial charge in [0.15, 0.2) is 5.65 Å². The highest BCUT2D eigenvalue weighted by atomic mass is 32.2. The molecule has 0 saturated carbocycles. The zero-order valence-electron chi connectivity index (χ0n) is 16.5. The number of rotatable bonds is 6. The van der Waals surface area contributed by atoms with Gasteiger partial charge in [0.2, 0.25) is 11.1 Å². The molecule has 0 atom stereocenters. The second kappa shape index (κ2) is 8.83. The minimum Gasteiger partial charge on any atom is -0.495 e. The van der Waals surface area contributed by atoms with Gasteiger partial charge in [-0.05, 0) is 42.5 Å². The third-order valence-electron chi connectivity index (χ3n) is 4.32. The number of alkyl halides is 3. The van der Waals surface area contributed by atoms with Crippen molar-refractivity contribution in [2.45, 2.75) is 11.3 Å². The smallest absolute Gasteiger partial charge is 0.416 e. The number of hydrogen-bond donors (Lipinski definition) is 1. The fourth-order valence-electron chi connectivity index (χ4n) is 2.83. The van der Waals surface area contributed by atoms with E-state index in [-0.39, 0.29) is 17.2 Å². The van der Waals surface area contributed by atoms with Gasteiger partial charge in [-0.1, -0.05) is 11.8 Å². The summed E-state index contributed by atoms with van der Waals surface area (Å²) >= 11 is 1.05. The third-order valence-corrected chi connectivity index (χ3v) is 5.24. The lowest BCUT2D eigenvalue weighted by Gasteiger charge is -2.13. The van der Waals surface area contributed by atoms with Gasteiger partial charge >= 0.3 is 6.18 Å². The summed E-state index contributed by atoms with van der Waals surface area (Å²) in [7, 11) is 1.31. The van der Waals surface area contributed by atoms with Gasteiger partial charge in [-0.2, -0.15) is 22.8 Å². The van der Waals surface area contributed by atoms with Crippen molar-refractivity contribution >= 4 is 29.0 Å². The number of nitrogens with one attached hydrogen (secondary N) is 1. The molecule has 0 aliphatic heterocycles.